The van der Waals surface area contributed by atoms with Gasteiger partial charge in [0.1, 0.15) is 4.88 Å². The highest BCUT2D eigenvalue weighted by Gasteiger charge is 2.27. The quantitative estimate of drug-likeness (QED) is 0.909. The second-order valence-electron chi connectivity index (χ2n) is 5.45. The van der Waals surface area contributed by atoms with Gasteiger partial charge in [0, 0.05) is 17.8 Å². The smallest absolute Gasteiger partial charge is 0.347 e. The molecule has 0 aliphatic carbocycles. The number of carboxylic acid groups (broad SMARTS) is 1. The molecule has 0 aliphatic heterocycles. The van der Waals surface area contributed by atoms with E-state index >= 15 is 0 Å². The highest BCUT2D eigenvalue weighted by Crippen LogP contribution is 2.32. The minimum absolute atomic E-state index is 0.143. The van der Waals surface area contributed by atoms with Gasteiger partial charge in [-0.1, -0.05) is 32.1 Å². The predicted octanol–water partition coefficient (Wildman–Crippen LogP) is 2.79. The van der Waals surface area contributed by atoms with Gasteiger partial charge in [-0.05, 0) is 12.1 Å². The standard InChI is InChI=1S/C14H15N3O3S/c1-14(2,3)10-9(12(19)20)21-13(16-10)17-11(18)8-5-4-6-15-7-8/h4-7H,1-3H3,(H,19,20)(H,16,17,18). The van der Waals surface area contributed by atoms with E-state index < -0.39 is 11.4 Å². The lowest BCUT2D eigenvalue weighted by molar-refractivity contribution is 0.0699. The minimum atomic E-state index is -1.04. The Bertz CT molecular complexity index is 675. The number of hydrogen-bond donors (Lipinski definition) is 2. The number of thiazole rings is 1. The molecule has 2 aromatic rings. The molecule has 0 unspecified atom stereocenters. The fraction of sp³-hybridized carbons (Fsp3) is 0.286. The fourth-order valence-corrected chi connectivity index (χ4v) is 2.70. The molecule has 2 rings (SSSR count). The second kappa shape index (κ2) is 5.61. The number of rotatable bonds is 3. The van der Waals surface area contributed by atoms with Gasteiger partial charge in [-0.15, -0.1) is 0 Å². The van der Waals surface area contributed by atoms with Crippen LogP contribution in [0.1, 0.15) is 46.5 Å². The van der Waals surface area contributed by atoms with E-state index in [1.165, 1.54) is 6.20 Å². The largest absolute Gasteiger partial charge is 0.477 e. The van der Waals surface area contributed by atoms with Crippen LogP contribution < -0.4 is 5.32 Å². The summed E-state index contributed by atoms with van der Waals surface area (Å²) in [7, 11) is 0. The van der Waals surface area contributed by atoms with E-state index in [1.54, 1.807) is 18.3 Å². The molecule has 0 saturated carbocycles. The zero-order chi connectivity index (χ0) is 15.6. The van der Waals surface area contributed by atoms with Crippen LogP contribution in [0.5, 0.6) is 0 Å². The van der Waals surface area contributed by atoms with Crippen LogP contribution in [0.4, 0.5) is 5.13 Å². The summed E-state index contributed by atoms with van der Waals surface area (Å²) in [5.74, 6) is -1.41. The van der Waals surface area contributed by atoms with Crippen molar-refractivity contribution in [2.24, 2.45) is 0 Å². The normalized spacial score (nSPS) is 11.2. The summed E-state index contributed by atoms with van der Waals surface area (Å²) in [6.45, 7) is 5.63. The SMILES string of the molecule is CC(C)(C)c1nc(NC(=O)c2cccnc2)sc1C(=O)O. The molecule has 0 atom stereocenters. The molecule has 0 aromatic carbocycles. The Hall–Kier alpha value is -2.28. The first-order valence-corrected chi connectivity index (χ1v) is 7.06. The lowest BCUT2D eigenvalue weighted by atomic mass is 9.91. The van der Waals surface area contributed by atoms with E-state index in [1.807, 2.05) is 20.8 Å². The van der Waals surface area contributed by atoms with Gasteiger partial charge in [-0.25, -0.2) is 9.78 Å². The average Bonchev–Trinajstić information content (AvgIpc) is 2.84. The molecule has 0 aliphatic rings. The molecular formula is C14H15N3O3S. The maximum absolute atomic E-state index is 12.0. The van der Waals surface area contributed by atoms with Crippen molar-refractivity contribution in [2.75, 3.05) is 5.32 Å². The lowest BCUT2D eigenvalue weighted by Crippen LogP contribution is -2.16. The van der Waals surface area contributed by atoms with Crippen LogP contribution in [-0.2, 0) is 5.41 Å². The van der Waals surface area contributed by atoms with Gasteiger partial charge in [-0.2, -0.15) is 0 Å². The van der Waals surface area contributed by atoms with Gasteiger partial charge in [0.25, 0.3) is 5.91 Å². The van der Waals surface area contributed by atoms with E-state index in [2.05, 4.69) is 15.3 Å². The van der Waals surface area contributed by atoms with Gasteiger partial charge in [-0.3, -0.25) is 15.1 Å². The number of carbonyl (C=O) groups excluding carboxylic acids is 1. The molecular weight excluding hydrogens is 290 g/mol. The maximum atomic E-state index is 12.0. The van der Waals surface area contributed by atoms with Gasteiger partial charge >= 0.3 is 5.97 Å². The topological polar surface area (TPSA) is 92.2 Å². The monoisotopic (exact) mass is 305 g/mol. The maximum Gasteiger partial charge on any atom is 0.347 e. The van der Waals surface area contributed by atoms with E-state index in [0.29, 0.717) is 11.3 Å². The molecule has 0 bridgehead atoms. The molecule has 2 heterocycles. The summed E-state index contributed by atoms with van der Waals surface area (Å²) in [5.41, 5.74) is 0.435. The van der Waals surface area contributed by atoms with Crippen molar-refractivity contribution in [3.05, 3.63) is 40.7 Å². The van der Waals surface area contributed by atoms with Crippen LogP contribution in [0.3, 0.4) is 0 Å². The summed E-state index contributed by atoms with van der Waals surface area (Å²) >= 11 is 0.954. The van der Waals surface area contributed by atoms with Gasteiger partial charge in [0.15, 0.2) is 5.13 Å². The van der Waals surface area contributed by atoms with Crippen molar-refractivity contribution < 1.29 is 14.7 Å². The average molecular weight is 305 g/mol. The van der Waals surface area contributed by atoms with Crippen molar-refractivity contribution in [3.8, 4) is 0 Å². The lowest BCUT2D eigenvalue weighted by Gasteiger charge is -2.15. The molecule has 21 heavy (non-hydrogen) atoms. The molecule has 7 heteroatoms. The summed E-state index contributed by atoms with van der Waals surface area (Å²) < 4.78 is 0. The zero-order valence-electron chi connectivity index (χ0n) is 11.9. The number of nitrogens with one attached hydrogen (secondary N) is 1. The number of carboxylic acids is 1. The summed E-state index contributed by atoms with van der Waals surface area (Å²) in [6.07, 6.45) is 3.01. The molecule has 0 spiro atoms. The molecule has 0 radical (unpaired) electrons. The van der Waals surface area contributed by atoms with E-state index in [-0.39, 0.29) is 15.9 Å². The molecule has 6 nitrogen and oxygen atoms in total. The first kappa shape index (κ1) is 15.1. The molecule has 1 amide bonds. The van der Waals surface area contributed by atoms with Crippen LogP contribution in [-0.4, -0.2) is 27.0 Å². The van der Waals surface area contributed by atoms with Crippen LogP contribution in [0, 0.1) is 0 Å². The fourth-order valence-electron chi connectivity index (χ4n) is 1.69. The summed E-state index contributed by atoms with van der Waals surface area (Å²) in [5, 5.41) is 12.1. The Balaban J connectivity index is 2.30. The Morgan fingerprint density at radius 2 is 2.05 bits per heavy atom. The predicted molar refractivity (Wildman–Crippen MR) is 80.0 cm³/mol. The van der Waals surface area contributed by atoms with E-state index in [4.69, 9.17) is 0 Å². The number of carbonyl (C=O) groups is 2. The van der Waals surface area contributed by atoms with Crippen LogP contribution in [0.25, 0.3) is 0 Å². The number of nitrogens with zero attached hydrogens (tertiary/aromatic N) is 2. The molecule has 110 valence electrons. The van der Waals surface area contributed by atoms with Gasteiger partial charge < -0.3 is 5.11 Å². The van der Waals surface area contributed by atoms with Crippen LogP contribution in [0.15, 0.2) is 24.5 Å². The van der Waals surface area contributed by atoms with E-state index in [0.717, 1.165) is 11.3 Å². The summed E-state index contributed by atoms with van der Waals surface area (Å²) in [6, 6.07) is 3.28. The first-order chi connectivity index (χ1) is 9.79. The van der Waals surface area contributed by atoms with Crippen LogP contribution >= 0.6 is 11.3 Å². The Kier molecular flexibility index (Phi) is 4.04. The highest BCUT2D eigenvalue weighted by atomic mass is 32.1. The zero-order valence-corrected chi connectivity index (χ0v) is 12.7. The third-order valence-corrected chi connectivity index (χ3v) is 3.63. The third kappa shape index (κ3) is 3.43. The Morgan fingerprint density at radius 1 is 1.33 bits per heavy atom. The number of amides is 1. The summed E-state index contributed by atoms with van der Waals surface area (Å²) in [4.78, 5) is 31.6. The number of anilines is 1. The van der Waals surface area contributed by atoms with Crippen molar-refractivity contribution >= 4 is 28.3 Å². The third-order valence-electron chi connectivity index (χ3n) is 2.68. The number of aromatic carboxylic acids is 1. The second-order valence-corrected chi connectivity index (χ2v) is 6.45. The Labute approximate surface area is 125 Å². The van der Waals surface area contributed by atoms with Gasteiger partial charge in [0.2, 0.25) is 0 Å². The highest BCUT2D eigenvalue weighted by molar-refractivity contribution is 7.17. The molecule has 0 fully saturated rings. The number of hydrogen-bond acceptors (Lipinski definition) is 5. The van der Waals surface area contributed by atoms with Crippen molar-refractivity contribution in [1.29, 1.82) is 0 Å². The molecule has 2 N–H and O–H groups in total. The minimum Gasteiger partial charge on any atom is -0.477 e. The van der Waals surface area contributed by atoms with Crippen molar-refractivity contribution in [3.63, 3.8) is 0 Å². The van der Waals surface area contributed by atoms with Gasteiger partial charge in [0.05, 0.1) is 11.3 Å². The number of aromatic nitrogens is 2. The van der Waals surface area contributed by atoms with Crippen LogP contribution in [0.2, 0.25) is 0 Å². The van der Waals surface area contributed by atoms with Crippen molar-refractivity contribution in [2.45, 2.75) is 26.2 Å². The number of pyridine rings is 1. The van der Waals surface area contributed by atoms with Crippen molar-refractivity contribution in [1.82, 2.24) is 9.97 Å². The first-order valence-electron chi connectivity index (χ1n) is 6.25. The van der Waals surface area contributed by atoms with E-state index in [9.17, 15) is 14.7 Å². The molecule has 0 saturated heterocycles. The Morgan fingerprint density at radius 3 is 2.52 bits per heavy atom. The molecule has 2 aromatic heterocycles.